The van der Waals surface area contributed by atoms with Crippen LogP contribution in [0, 0.1) is 0 Å². The molecule has 2 aliphatic rings. The van der Waals surface area contributed by atoms with Gasteiger partial charge < -0.3 is 9.47 Å². The smallest absolute Gasteiger partial charge is 0.293 e. The summed E-state index contributed by atoms with van der Waals surface area (Å²) in [4.78, 5) is 42.5. The standard InChI is InChI=1S/C28H28BrN3O3S/c29-22-10-11-24-23(17-22)21(18-31(24)19-26(33)30-13-6-1-2-7-14-30)16-25-27(34)32(28(35)36-25)15-12-20-8-4-3-5-9-20/h3-5,8-11,16-18H,1-2,6-7,12-15,19H2/b25-16-. The van der Waals surface area contributed by atoms with Crippen molar-refractivity contribution in [2.24, 2.45) is 0 Å². The Morgan fingerprint density at radius 3 is 2.50 bits per heavy atom. The Hall–Kier alpha value is -2.84. The largest absolute Gasteiger partial charge is 0.341 e. The van der Waals surface area contributed by atoms with Crippen molar-refractivity contribution in [3.63, 3.8) is 0 Å². The van der Waals surface area contributed by atoms with E-state index in [2.05, 4.69) is 15.9 Å². The zero-order valence-corrected chi connectivity index (χ0v) is 22.4. The number of imide groups is 1. The Morgan fingerprint density at radius 1 is 1.00 bits per heavy atom. The third-order valence-corrected chi connectivity index (χ3v) is 8.17. The molecular weight excluding hydrogens is 538 g/mol. The highest BCUT2D eigenvalue weighted by molar-refractivity contribution is 9.10. The highest BCUT2D eigenvalue weighted by atomic mass is 79.9. The van der Waals surface area contributed by atoms with Gasteiger partial charge in [-0.1, -0.05) is 59.1 Å². The molecule has 0 saturated carbocycles. The fourth-order valence-electron chi connectivity index (χ4n) is 4.83. The second-order valence-corrected chi connectivity index (χ2v) is 11.1. The number of rotatable bonds is 6. The number of carbonyl (C=O) groups excluding carboxylic acids is 3. The summed E-state index contributed by atoms with van der Waals surface area (Å²) >= 11 is 4.52. The molecule has 6 nitrogen and oxygen atoms in total. The summed E-state index contributed by atoms with van der Waals surface area (Å²) in [5.74, 6) is -0.151. The average molecular weight is 567 g/mol. The molecule has 0 unspecified atom stereocenters. The summed E-state index contributed by atoms with van der Waals surface area (Å²) in [5.41, 5.74) is 2.84. The molecule has 5 rings (SSSR count). The number of thioether (sulfide) groups is 1. The van der Waals surface area contributed by atoms with Gasteiger partial charge in [-0.25, -0.2) is 0 Å². The average Bonchev–Trinajstić information content (AvgIpc) is 3.18. The second kappa shape index (κ2) is 11.0. The number of aromatic nitrogens is 1. The Morgan fingerprint density at radius 2 is 1.75 bits per heavy atom. The zero-order valence-electron chi connectivity index (χ0n) is 20.0. The number of hydrogen-bond acceptors (Lipinski definition) is 4. The molecule has 0 N–H and O–H groups in total. The molecule has 2 saturated heterocycles. The quantitative estimate of drug-likeness (QED) is 0.339. The van der Waals surface area contributed by atoms with Crippen molar-refractivity contribution in [3.8, 4) is 0 Å². The normalized spacial score (nSPS) is 17.9. The second-order valence-electron chi connectivity index (χ2n) is 9.24. The summed E-state index contributed by atoms with van der Waals surface area (Å²) in [5, 5.41) is 0.688. The first-order chi connectivity index (χ1) is 17.5. The lowest BCUT2D eigenvalue weighted by Crippen LogP contribution is -2.34. The lowest BCUT2D eigenvalue weighted by atomic mass is 10.1. The lowest BCUT2D eigenvalue weighted by molar-refractivity contribution is -0.131. The Balaban J connectivity index is 1.39. The van der Waals surface area contributed by atoms with Crippen molar-refractivity contribution in [1.29, 1.82) is 0 Å². The maximum Gasteiger partial charge on any atom is 0.293 e. The summed E-state index contributed by atoms with van der Waals surface area (Å²) in [6, 6.07) is 15.8. The molecule has 0 aliphatic carbocycles. The van der Waals surface area contributed by atoms with Gasteiger partial charge in [0.05, 0.1) is 4.91 Å². The third kappa shape index (κ3) is 5.44. The van der Waals surface area contributed by atoms with Crippen molar-refractivity contribution in [1.82, 2.24) is 14.4 Å². The van der Waals surface area contributed by atoms with Crippen LogP contribution < -0.4 is 0 Å². The van der Waals surface area contributed by atoms with Crippen molar-refractivity contribution in [3.05, 3.63) is 75.2 Å². The van der Waals surface area contributed by atoms with E-state index >= 15 is 0 Å². The van der Waals surface area contributed by atoms with E-state index in [0.29, 0.717) is 17.9 Å². The van der Waals surface area contributed by atoms with Gasteiger partial charge in [0, 0.05) is 46.8 Å². The topological polar surface area (TPSA) is 62.6 Å². The summed E-state index contributed by atoms with van der Waals surface area (Å²) in [7, 11) is 0. The molecule has 8 heteroatoms. The van der Waals surface area contributed by atoms with Gasteiger partial charge in [0.25, 0.3) is 11.1 Å². The van der Waals surface area contributed by atoms with Crippen LogP contribution in [0.5, 0.6) is 0 Å². The molecule has 2 fully saturated rings. The molecule has 3 aromatic rings. The summed E-state index contributed by atoms with van der Waals surface area (Å²) in [6.07, 6.45) is 8.79. The first-order valence-electron chi connectivity index (χ1n) is 12.3. The predicted octanol–water partition coefficient (Wildman–Crippen LogP) is 6.09. The minimum atomic E-state index is -0.266. The Bertz CT molecular complexity index is 1330. The lowest BCUT2D eigenvalue weighted by Gasteiger charge is -2.20. The molecule has 186 valence electrons. The molecule has 3 amide bonds. The van der Waals surface area contributed by atoms with Crippen molar-refractivity contribution in [2.75, 3.05) is 19.6 Å². The third-order valence-electron chi connectivity index (χ3n) is 6.77. The minimum Gasteiger partial charge on any atom is -0.341 e. The highest BCUT2D eigenvalue weighted by Gasteiger charge is 2.35. The summed E-state index contributed by atoms with van der Waals surface area (Å²) in [6.45, 7) is 2.23. The maximum atomic E-state index is 13.1. The molecule has 0 bridgehead atoms. The highest BCUT2D eigenvalue weighted by Crippen LogP contribution is 2.35. The van der Waals surface area contributed by atoms with E-state index in [1.807, 2.05) is 64.2 Å². The first-order valence-corrected chi connectivity index (χ1v) is 14.0. The maximum absolute atomic E-state index is 13.1. The van der Waals surface area contributed by atoms with E-state index in [1.54, 1.807) is 6.08 Å². The fourth-order valence-corrected chi connectivity index (χ4v) is 6.05. The van der Waals surface area contributed by atoms with Crippen LogP contribution in [0.1, 0.15) is 36.8 Å². The van der Waals surface area contributed by atoms with Gasteiger partial charge in [0.15, 0.2) is 0 Å². The van der Waals surface area contributed by atoms with E-state index in [9.17, 15) is 14.4 Å². The van der Waals surface area contributed by atoms with Crippen LogP contribution in [0.25, 0.3) is 17.0 Å². The number of fused-ring (bicyclic) bond motifs is 1. The number of nitrogens with zero attached hydrogens (tertiary/aromatic N) is 3. The fraction of sp³-hybridized carbons (Fsp3) is 0.321. The molecule has 0 atom stereocenters. The Kier molecular flexibility index (Phi) is 7.62. The number of halogens is 1. The van der Waals surface area contributed by atoms with Crippen LogP contribution >= 0.6 is 27.7 Å². The van der Waals surface area contributed by atoms with E-state index in [0.717, 1.165) is 64.2 Å². The number of amides is 3. The van der Waals surface area contributed by atoms with E-state index in [4.69, 9.17) is 0 Å². The minimum absolute atomic E-state index is 0.115. The van der Waals surface area contributed by atoms with E-state index in [1.165, 1.54) is 17.7 Å². The van der Waals surface area contributed by atoms with E-state index < -0.39 is 0 Å². The van der Waals surface area contributed by atoms with Gasteiger partial charge in [0.2, 0.25) is 5.91 Å². The number of benzene rings is 2. The van der Waals surface area contributed by atoms with Gasteiger partial charge in [-0.2, -0.15) is 0 Å². The number of carbonyl (C=O) groups is 3. The van der Waals surface area contributed by atoms with Gasteiger partial charge in [-0.15, -0.1) is 0 Å². The molecule has 3 heterocycles. The van der Waals surface area contributed by atoms with Crippen molar-refractivity contribution < 1.29 is 14.4 Å². The molecule has 36 heavy (non-hydrogen) atoms. The molecule has 0 radical (unpaired) electrons. The van der Waals surface area contributed by atoms with Crippen LogP contribution in [0.15, 0.2) is 64.1 Å². The van der Waals surface area contributed by atoms with Crippen LogP contribution in [0.3, 0.4) is 0 Å². The van der Waals surface area contributed by atoms with Crippen LogP contribution in [-0.4, -0.2) is 51.1 Å². The van der Waals surface area contributed by atoms with Gasteiger partial charge in [0.1, 0.15) is 6.54 Å². The summed E-state index contributed by atoms with van der Waals surface area (Å²) < 4.78 is 2.87. The number of hydrogen-bond donors (Lipinski definition) is 0. The molecule has 2 aliphatic heterocycles. The molecule has 1 aromatic heterocycles. The van der Waals surface area contributed by atoms with Gasteiger partial charge in [-0.3, -0.25) is 19.3 Å². The van der Waals surface area contributed by atoms with E-state index in [-0.39, 0.29) is 23.6 Å². The predicted molar refractivity (Wildman–Crippen MR) is 148 cm³/mol. The van der Waals surface area contributed by atoms with Gasteiger partial charge in [-0.05, 0) is 60.9 Å². The number of likely N-dealkylation sites (tertiary alicyclic amines) is 1. The molecule has 2 aromatic carbocycles. The first kappa shape index (κ1) is 24.8. The van der Waals surface area contributed by atoms with Gasteiger partial charge >= 0.3 is 0 Å². The zero-order chi connectivity index (χ0) is 25.1. The van der Waals surface area contributed by atoms with Crippen LogP contribution in [0.2, 0.25) is 0 Å². The van der Waals surface area contributed by atoms with Crippen LogP contribution in [-0.2, 0) is 22.6 Å². The molecule has 0 spiro atoms. The molecular formula is C28H28BrN3O3S. The van der Waals surface area contributed by atoms with Crippen LogP contribution in [0.4, 0.5) is 4.79 Å². The SMILES string of the molecule is O=C(Cn1cc(/C=C2\SC(=O)N(CCc3ccccc3)C2=O)c2cc(Br)ccc21)N1CCCCCC1. The van der Waals surface area contributed by atoms with Crippen molar-refractivity contribution in [2.45, 2.75) is 38.6 Å². The van der Waals surface area contributed by atoms with Crippen molar-refractivity contribution >= 4 is 61.7 Å². The Labute approximate surface area is 223 Å². The monoisotopic (exact) mass is 565 g/mol.